The summed E-state index contributed by atoms with van der Waals surface area (Å²) in [4.78, 5) is 40.9. The van der Waals surface area contributed by atoms with Crippen molar-refractivity contribution in [3.05, 3.63) is 83.4 Å². The van der Waals surface area contributed by atoms with Gasteiger partial charge in [0.2, 0.25) is 0 Å². The summed E-state index contributed by atoms with van der Waals surface area (Å²) >= 11 is 0. The Hall–Kier alpha value is -4.38. The van der Waals surface area contributed by atoms with Gasteiger partial charge in [-0.3, -0.25) is 19.6 Å². The van der Waals surface area contributed by atoms with Gasteiger partial charge in [-0.2, -0.15) is 0 Å². The van der Waals surface area contributed by atoms with E-state index in [-0.39, 0.29) is 17.6 Å². The molecule has 1 N–H and O–H groups in total. The minimum atomic E-state index is -0.0668. The highest BCUT2D eigenvalue weighted by Crippen LogP contribution is 2.60. The average Bonchev–Trinajstić information content (AvgIpc) is 3.02. The summed E-state index contributed by atoms with van der Waals surface area (Å²) in [6, 6.07) is 11.3. The summed E-state index contributed by atoms with van der Waals surface area (Å²) in [5.41, 5.74) is 3.85. The Labute approximate surface area is 259 Å². The number of aromatic nitrogens is 2. The number of anilines is 1. The van der Waals surface area contributed by atoms with Crippen molar-refractivity contribution in [2.45, 2.75) is 38.5 Å². The maximum Gasteiger partial charge on any atom is 0.255 e. The van der Waals surface area contributed by atoms with Crippen LogP contribution in [0, 0.1) is 35.0 Å². The number of piperazine rings is 1. The van der Waals surface area contributed by atoms with Crippen LogP contribution in [0.3, 0.4) is 0 Å². The molecule has 4 saturated carbocycles. The highest BCUT2D eigenvalue weighted by atomic mass is 16.3. The third kappa shape index (κ3) is 5.88. The zero-order valence-corrected chi connectivity index (χ0v) is 25.3. The Bertz CT molecular complexity index is 1580. The van der Waals surface area contributed by atoms with Crippen LogP contribution in [0.4, 0.5) is 5.69 Å². The number of hydrogen-bond acceptors (Lipinski definition) is 6. The van der Waals surface area contributed by atoms with E-state index in [1.165, 1.54) is 50.8 Å². The van der Waals surface area contributed by atoms with Gasteiger partial charge in [0.1, 0.15) is 5.75 Å². The van der Waals surface area contributed by atoms with Crippen molar-refractivity contribution in [1.82, 2.24) is 19.8 Å². The van der Waals surface area contributed by atoms with Crippen LogP contribution in [0.2, 0.25) is 0 Å². The van der Waals surface area contributed by atoms with Gasteiger partial charge in [0.25, 0.3) is 11.8 Å². The minimum Gasteiger partial charge on any atom is -0.506 e. The molecule has 3 aromatic rings. The molecule has 8 heteroatoms. The highest BCUT2D eigenvalue weighted by Gasteiger charge is 2.51. The van der Waals surface area contributed by atoms with Crippen molar-refractivity contribution in [2.75, 3.05) is 44.7 Å². The lowest BCUT2D eigenvalue weighted by Gasteiger charge is -2.57. The first-order valence-electron chi connectivity index (χ1n) is 15.8. The zero-order chi connectivity index (χ0) is 30.3. The van der Waals surface area contributed by atoms with Crippen LogP contribution in [0.1, 0.15) is 70.4 Å². The molecule has 8 nitrogen and oxygen atoms in total. The minimum absolute atomic E-state index is 0.0532. The van der Waals surface area contributed by atoms with Gasteiger partial charge in [-0.25, -0.2) is 0 Å². The first kappa shape index (κ1) is 28.4. The van der Waals surface area contributed by atoms with Crippen LogP contribution in [0.5, 0.6) is 5.75 Å². The van der Waals surface area contributed by atoms with E-state index in [1.54, 1.807) is 24.7 Å². The van der Waals surface area contributed by atoms with Crippen LogP contribution in [-0.2, 0) is 0 Å². The number of carbonyl (C=O) groups is 2. The van der Waals surface area contributed by atoms with E-state index >= 15 is 0 Å². The molecule has 2 amide bonds. The van der Waals surface area contributed by atoms with Crippen molar-refractivity contribution >= 4 is 17.5 Å². The standard InChI is InChI=1S/C36H39N5O3/c1-39(24-36-17-27-12-28(18-36)14-29(13-27)19-36)34(43)30-4-6-32(7-5-30)40-8-10-41(11-9-40)35(44)31-15-25(20-37-22-31)2-3-26-16-33(42)23-38-21-26/h4-7,15-16,20-23,27-29,42H,8-14,17-19,24H2,1H3. The second-order valence-electron chi connectivity index (χ2n) is 13.5. The summed E-state index contributed by atoms with van der Waals surface area (Å²) < 4.78 is 0. The van der Waals surface area contributed by atoms with Crippen molar-refractivity contribution in [3.8, 4) is 17.6 Å². The molecule has 5 fully saturated rings. The van der Waals surface area contributed by atoms with Gasteiger partial charge in [0.05, 0.1) is 11.8 Å². The Kier molecular flexibility index (Phi) is 7.49. The van der Waals surface area contributed by atoms with Crippen LogP contribution in [0.15, 0.2) is 61.2 Å². The number of nitrogens with zero attached hydrogens (tertiary/aromatic N) is 5. The number of benzene rings is 1. The Morgan fingerprint density at radius 1 is 0.841 bits per heavy atom. The second-order valence-corrected chi connectivity index (χ2v) is 13.5. The summed E-state index contributed by atoms with van der Waals surface area (Å²) in [7, 11) is 1.98. The normalized spacial score (nSPS) is 25.3. The summed E-state index contributed by atoms with van der Waals surface area (Å²) in [6.07, 6.45) is 14.3. The fourth-order valence-corrected chi connectivity index (χ4v) is 8.71. The molecule has 4 aliphatic carbocycles. The van der Waals surface area contributed by atoms with Crippen LogP contribution < -0.4 is 4.90 Å². The van der Waals surface area contributed by atoms with E-state index in [0.29, 0.717) is 48.3 Å². The molecular weight excluding hydrogens is 550 g/mol. The van der Waals surface area contributed by atoms with Gasteiger partial charge in [0, 0.05) is 80.7 Å². The fraction of sp³-hybridized carbons (Fsp3) is 0.444. The van der Waals surface area contributed by atoms with Crippen molar-refractivity contribution < 1.29 is 14.7 Å². The maximum absolute atomic E-state index is 13.4. The molecule has 5 aliphatic rings. The van der Waals surface area contributed by atoms with Gasteiger partial charge in [0.15, 0.2) is 0 Å². The van der Waals surface area contributed by atoms with E-state index in [4.69, 9.17) is 0 Å². The molecule has 0 radical (unpaired) electrons. The molecule has 8 rings (SSSR count). The predicted octanol–water partition coefficient (Wildman–Crippen LogP) is 4.83. The lowest BCUT2D eigenvalue weighted by molar-refractivity contribution is -0.0629. The summed E-state index contributed by atoms with van der Waals surface area (Å²) in [5, 5.41) is 9.59. The van der Waals surface area contributed by atoms with Crippen molar-refractivity contribution in [3.63, 3.8) is 0 Å². The van der Waals surface area contributed by atoms with Crippen molar-refractivity contribution in [1.29, 1.82) is 0 Å². The molecule has 44 heavy (non-hydrogen) atoms. The molecule has 1 aliphatic heterocycles. The van der Waals surface area contributed by atoms with Crippen LogP contribution >= 0.6 is 0 Å². The first-order valence-corrected chi connectivity index (χ1v) is 15.8. The molecule has 4 bridgehead atoms. The number of hydrogen-bond donors (Lipinski definition) is 1. The third-order valence-corrected chi connectivity index (χ3v) is 10.2. The van der Waals surface area contributed by atoms with Gasteiger partial charge < -0.3 is 19.8 Å². The molecule has 0 unspecified atom stereocenters. The zero-order valence-electron chi connectivity index (χ0n) is 25.3. The van der Waals surface area contributed by atoms with Gasteiger partial charge >= 0.3 is 0 Å². The Morgan fingerprint density at radius 3 is 2.05 bits per heavy atom. The SMILES string of the molecule is CN(CC12CC3CC(CC(C3)C1)C2)C(=O)c1ccc(N2CCN(C(=O)c3cncc(C#Cc4cncc(O)c4)c3)CC2)cc1. The molecule has 2 aromatic heterocycles. The topological polar surface area (TPSA) is 89.9 Å². The number of rotatable bonds is 5. The van der Waals surface area contributed by atoms with Crippen LogP contribution in [0.25, 0.3) is 0 Å². The molecule has 0 spiro atoms. The Morgan fingerprint density at radius 2 is 1.43 bits per heavy atom. The van der Waals surface area contributed by atoms with E-state index in [0.717, 1.165) is 35.5 Å². The number of amides is 2. The lowest BCUT2D eigenvalue weighted by atomic mass is 9.49. The maximum atomic E-state index is 13.4. The van der Waals surface area contributed by atoms with Crippen molar-refractivity contribution in [2.24, 2.45) is 23.2 Å². The lowest BCUT2D eigenvalue weighted by Crippen LogP contribution is -2.51. The molecule has 0 atom stereocenters. The smallest absolute Gasteiger partial charge is 0.255 e. The van der Waals surface area contributed by atoms with Gasteiger partial charge in [-0.1, -0.05) is 11.8 Å². The Balaban J connectivity index is 0.934. The molecule has 1 aromatic carbocycles. The molecular formula is C36H39N5O3. The van der Waals surface area contributed by atoms with E-state index < -0.39 is 0 Å². The van der Waals surface area contributed by atoms with Gasteiger partial charge in [-0.05, 0) is 98.1 Å². The molecule has 1 saturated heterocycles. The summed E-state index contributed by atoms with van der Waals surface area (Å²) in [6.45, 7) is 3.49. The number of carbonyl (C=O) groups excluding carboxylic acids is 2. The van der Waals surface area contributed by atoms with E-state index in [1.807, 2.05) is 41.1 Å². The highest BCUT2D eigenvalue weighted by molar-refractivity contribution is 5.95. The van der Waals surface area contributed by atoms with E-state index in [2.05, 4.69) is 26.7 Å². The largest absolute Gasteiger partial charge is 0.506 e. The van der Waals surface area contributed by atoms with Crippen LogP contribution in [-0.4, -0.2) is 76.5 Å². The summed E-state index contributed by atoms with van der Waals surface area (Å²) in [5.74, 6) is 8.70. The number of pyridine rings is 2. The third-order valence-electron chi connectivity index (χ3n) is 10.2. The number of aromatic hydroxyl groups is 1. The molecule has 226 valence electrons. The molecule has 3 heterocycles. The average molecular weight is 590 g/mol. The first-order chi connectivity index (χ1) is 21.3. The quantitative estimate of drug-likeness (QED) is 0.429. The second kappa shape index (κ2) is 11.6. The fourth-order valence-electron chi connectivity index (χ4n) is 8.71. The van der Waals surface area contributed by atoms with E-state index in [9.17, 15) is 14.7 Å². The monoisotopic (exact) mass is 589 g/mol. The predicted molar refractivity (Wildman–Crippen MR) is 168 cm³/mol. The van der Waals surface area contributed by atoms with Gasteiger partial charge in [-0.15, -0.1) is 0 Å².